The Labute approximate surface area is 251 Å². The predicted octanol–water partition coefficient (Wildman–Crippen LogP) is 12.2. The molecule has 0 unspecified atom stereocenters. The van der Waals surface area contributed by atoms with Gasteiger partial charge in [0, 0.05) is 11.1 Å². The van der Waals surface area contributed by atoms with Gasteiger partial charge in [-0.05, 0) is 116 Å². The number of benzene rings is 3. The molecule has 0 amide bonds. The Morgan fingerprint density at radius 1 is 0.714 bits per heavy atom. The second kappa shape index (κ2) is 14.6. The third-order valence-electron chi connectivity index (χ3n) is 10.3. The second-order valence-corrected chi connectivity index (χ2v) is 12.9. The predicted molar refractivity (Wildman–Crippen MR) is 170 cm³/mol. The molecule has 2 saturated carbocycles. The van der Waals surface area contributed by atoms with Crippen LogP contribution in [0.2, 0.25) is 0 Å². The van der Waals surface area contributed by atoms with Crippen LogP contribution in [0.15, 0.2) is 67.3 Å². The zero-order valence-electron chi connectivity index (χ0n) is 25.3. The molecule has 3 aromatic carbocycles. The van der Waals surface area contributed by atoms with Gasteiger partial charge < -0.3 is 0 Å². The van der Waals surface area contributed by atoms with E-state index in [1.807, 2.05) is 6.07 Å². The standard InChI is InChI=1S/C39H47F3/c1-3-5-7-9-33-22-25-36(39(42)38(33)41)32-20-18-31(19-21-32)35-24-23-34(26-37(35)40)30-16-14-29(15-17-30)28-12-10-27(11-13-28)8-6-4-2/h4,18-30H,2-3,5-17H2,1H3. The summed E-state index contributed by atoms with van der Waals surface area (Å²) in [5.41, 5.74) is 3.66. The van der Waals surface area contributed by atoms with Crippen molar-refractivity contribution in [2.75, 3.05) is 0 Å². The molecule has 0 aromatic heterocycles. The van der Waals surface area contributed by atoms with Gasteiger partial charge in [0.15, 0.2) is 11.6 Å². The minimum atomic E-state index is -0.807. The number of allylic oxidation sites excluding steroid dienone is 1. The Morgan fingerprint density at radius 2 is 1.33 bits per heavy atom. The summed E-state index contributed by atoms with van der Waals surface area (Å²) < 4.78 is 45.0. The molecule has 42 heavy (non-hydrogen) atoms. The van der Waals surface area contributed by atoms with Gasteiger partial charge in [-0.1, -0.05) is 87.2 Å². The van der Waals surface area contributed by atoms with Crippen LogP contribution in [0, 0.1) is 35.2 Å². The van der Waals surface area contributed by atoms with Gasteiger partial charge >= 0.3 is 0 Å². The highest BCUT2D eigenvalue weighted by Crippen LogP contribution is 2.45. The van der Waals surface area contributed by atoms with Gasteiger partial charge in [0.25, 0.3) is 0 Å². The van der Waals surface area contributed by atoms with Crippen LogP contribution in [-0.2, 0) is 6.42 Å². The fraction of sp³-hybridized carbons (Fsp3) is 0.487. The van der Waals surface area contributed by atoms with Crippen molar-refractivity contribution in [3.63, 3.8) is 0 Å². The summed E-state index contributed by atoms with van der Waals surface area (Å²) in [6.45, 7) is 5.97. The third-order valence-corrected chi connectivity index (χ3v) is 10.3. The third kappa shape index (κ3) is 7.21. The maximum atomic E-state index is 15.4. The summed E-state index contributed by atoms with van der Waals surface area (Å²) in [5, 5.41) is 0. The molecule has 0 saturated heterocycles. The lowest BCUT2D eigenvalue weighted by molar-refractivity contribution is 0.157. The first kappa shape index (κ1) is 30.6. The molecule has 0 atom stereocenters. The first-order chi connectivity index (χ1) is 20.5. The molecule has 0 nitrogen and oxygen atoms in total. The molecule has 0 spiro atoms. The van der Waals surface area contributed by atoms with E-state index >= 15 is 4.39 Å². The Kier molecular flexibility index (Phi) is 10.6. The Bertz CT molecular complexity index is 1310. The van der Waals surface area contributed by atoms with Crippen molar-refractivity contribution in [1.29, 1.82) is 0 Å². The molecule has 0 heterocycles. The lowest BCUT2D eigenvalue weighted by Crippen LogP contribution is -2.25. The molecule has 5 rings (SSSR count). The molecule has 2 aliphatic carbocycles. The zero-order valence-corrected chi connectivity index (χ0v) is 25.3. The van der Waals surface area contributed by atoms with E-state index in [0.717, 1.165) is 67.4 Å². The van der Waals surface area contributed by atoms with Gasteiger partial charge in [-0.25, -0.2) is 13.2 Å². The van der Waals surface area contributed by atoms with Gasteiger partial charge in [-0.2, -0.15) is 0 Å². The lowest BCUT2D eigenvalue weighted by Gasteiger charge is -2.38. The van der Waals surface area contributed by atoms with E-state index in [9.17, 15) is 8.78 Å². The van der Waals surface area contributed by atoms with Crippen LogP contribution in [0.1, 0.15) is 107 Å². The van der Waals surface area contributed by atoms with Gasteiger partial charge in [0.1, 0.15) is 5.82 Å². The van der Waals surface area contributed by atoms with Crippen molar-refractivity contribution in [3.05, 3.63) is 95.8 Å². The second-order valence-electron chi connectivity index (χ2n) is 12.9. The average Bonchev–Trinajstić information content (AvgIpc) is 3.03. The van der Waals surface area contributed by atoms with Gasteiger partial charge in [0.2, 0.25) is 0 Å². The number of unbranched alkanes of at least 4 members (excludes halogenated alkanes) is 2. The highest BCUT2D eigenvalue weighted by molar-refractivity contribution is 5.71. The van der Waals surface area contributed by atoms with Crippen LogP contribution < -0.4 is 0 Å². The molecular formula is C39H47F3. The molecule has 2 aliphatic rings. The van der Waals surface area contributed by atoms with Crippen LogP contribution in [0.3, 0.4) is 0 Å². The van der Waals surface area contributed by atoms with E-state index in [4.69, 9.17) is 0 Å². The monoisotopic (exact) mass is 572 g/mol. The molecule has 224 valence electrons. The highest BCUT2D eigenvalue weighted by Gasteiger charge is 2.31. The normalized spacial score (nSPS) is 22.7. The van der Waals surface area contributed by atoms with Crippen LogP contribution >= 0.6 is 0 Å². The van der Waals surface area contributed by atoms with Gasteiger partial charge in [-0.15, -0.1) is 6.58 Å². The van der Waals surface area contributed by atoms with E-state index in [-0.39, 0.29) is 11.4 Å². The van der Waals surface area contributed by atoms with E-state index in [1.54, 1.807) is 42.5 Å². The highest BCUT2D eigenvalue weighted by atomic mass is 19.2. The Hall–Kier alpha value is -2.81. The SMILES string of the molecule is C=CCCC1CCC(C2CCC(c3ccc(-c4ccc(-c5ccc(CCCCC)c(F)c5F)cc4)c(F)c3)CC2)CC1. The number of hydrogen-bond donors (Lipinski definition) is 0. The summed E-state index contributed by atoms with van der Waals surface area (Å²) >= 11 is 0. The van der Waals surface area contributed by atoms with Crippen molar-refractivity contribution in [2.45, 2.75) is 103 Å². The molecule has 3 heteroatoms. The topological polar surface area (TPSA) is 0 Å². The molecular weight excluding hydrogens is 525 g/mol. The zero-order chi connectivity index (χ0) is 29.5. The molecule has 2 fully saturated rings. The number of halogens is 3. The summed E-state index contributed by atoms with van der Waals surface area (Å²) in [6.07, 6.45) is 18.3. The summed E-state index contributed by atoms with van der Waals surface area (Å²) in [4.78, 5) is 0. The van der Waals surface area contributed by atoms with Crippen LogP contribution in [0.5, 0.6) is 0 Å². The van der Waals surface area contributed by atoms with Crippen LogP contribution in [0.4, 0.5) is 13.2 Å². The smallest absolute Gasteiger partial charge is 0.166 e. The molecule has 0 radical (unpaired) electrons. The summed E-state index contributed by atoms with van der Waals surface area (Å²) in [7, 11) is 0. The lowest BCUT2D eigenvalue weighted by atomic mass is 9.68. The van der Waals surface area contributed by atoms with E-state index in [0.29, 0.717) is 29.0 Å². The van der Waals surface area contributed by atoms with E-state index in [1.165, 1.54) is 44.9 Å². The molecule has 0 bridgehead atoms. The quantitative estimate of drug-likeness (QED) is 0.158. The van der Waals surface area contributed by atoms with Crippen molar-refractivity contribution < 1.29 is 13.2 Å². The van der Waals surface area contributed by atoms with E-state index in [2.05, 4.69) is 25.6 Å². The minimum Gasteiger partial charge on any atom is -0.206 e. The Morgan fingerprint density at radius 3 is 1.95 bits per heavy atom. The Balaban J connectivity index is 1.19. The van der Waals surface area contributed by atoms with Crippen molar-refractivity contribution >= 4 is 0 Å². The maximum absolute atomic E-state index is 15.4. The first-order valence-corrected chi connectivity index (χ1v) is 16.5. The fourth-order valence-electron chi connectivity index (χ4n) is 7.65. The fourth-order valence-corrected chi connectivity index (χ4v) is 7.65. The molecule has 3 aromatic rings. The van der Waals surface area contributed by atoms with E-state index < -0.39 is 11.6 Å². The maximum Gasteiger partial charge on any atom is 0.166 e. The largest absolute Gasteiger partial charge is 0.206 e. The first-order valence-electron chi connectivity index (χ1n) is 16.5. The van der Waals surface area contributed by atoms with Gasteiger partial charge in [-0.3, -0.25) is 0 Å². The molecule has 0 aliphatic heterocycles. The minimum absolute atomic E-state index is 0.214. The van der Waals surface area contributed by atoms with Crippen molar-refractivity contribution in [3.8, 4) is 22.3 Å². The summed E-state index contributed by atoms with van der Waals surface area (Å²) in [5.74, 6) is 1.26. The van der Waals surface area contributed by atoms with Crippen molar-refractivity contribution in [1.82, 2.24) is 0 Å². The van der Waals surface area contributed by atoms with Crippen LogP contribution in [0.25, 0.3) is 22.3 Å². The van der Waals surface area contributed by atoms with Crippen LogP contribution in [-0.4, -0.2) is 0 Å². The number of rotatable bonds is 11. The average molecular weight is 573 g/mol. The number of hydrogen-bond acceptors (Lipinski definition) is 0. The van der Waals surface area contributed by atoms with Crippen molar-refractivity contribution in [2.24, 2.45) is 17.8 Å². The summed E-state index contributed by atoms with van der Waals surface area (Å²) in [6, 6.07) is 16.2. The number of aryl methyl sites for hydroxylation is 1. The molecule has 0 N–H and O–H groups in total. The van der Waals surface area contributed by atoms with Gasteiger partial charge in [0.05, 0.1) is 0 Å².